The Labute approximate surface area is 119 Å². The summed E-state index contributed by atoms with van der Waals surface area (Å²) in [5.74, 6) is -0.598. The fourth-order valence-electron chi connectivity index (χ4n) is 2.94. The Morgan fingerprint density at radius 1 is 1.14 bits per heavy atom. The quantitative estimate of drug-likeness (QED) is 0.678. The van der Waals surface area contributed by atoms with Crippen molar-refractivity contribution >= 4 is 0 Å². The van der Waals surface area contributed by atoms with Crippen LogP contribution in [0.5, 0.6) is 0 Å². The summed E-state index contributed by atoms with van der Waals surface area (Å²) in [4.78, 5) is 4.09. The SMILES string of the molecule is CC1CCc2cncc(-c3ccc(C(F)(F)F)cc3F)c21. The number of hydrogen-bond acceptors (Lipinski definition) is 1. The Morgan fingerprint density at radius 3 is 2.57 bits per heavy atom. The van der Waals surface area contributed by atoms with Crippen molar-refractivity contribution in [1.29, 1.82) is 0 Å². The van der Waals surface area contributed by atoms with Crippen LogP contribution in [0.25, 0.3) is 11.1 Å². The van der Waals surface area contributed by atoms with Gasteiger partial charge in [0, 0.05) is 23.5 Å². The predicted octanol–water partition coefficient (Wildman–Crippen LogP) is 4.96. The van der Waals surface area contributed by atoms with Gasteiger partial charge in [-0.2, -0.15) is 13.2 Å². The van der Waals surface area contributed by atoms with Gasteiger partial charge in [0.15, 0.2) is 0 Å². The van der Waals surface area contributed by atoms with Crippen LogP contribution in [0.1, 0.15) is 36.0 Å². The third-order valence-corrected chi connectivity index (χ3v) is 4.00. The van der Waals surface area contributed by atoms with Crippen molar-refractivity contribution in [3.63, 3.8) is 0 Å². The van der Waals surface area contributed by atoms with Gasteiger partial charge in [-0.05, 0) is 42.0 Å². The summed E-state index contributed by atoms with van der Waals surface area (Å²) in [6.45, 7) is 2.04. The van der Waals surface area contributed by atoms with E-state index in [4.69, 9.17) is 0 Å². The minimum Gasteiger partial charge on any atom is -0.264 e. The maximum absolute atomic E-state index is 14.1. The van der Waals surface area contributed by atoms with Gasteiger partial charge in [0.1, 0.15) is 5.82 Å². The van der Waals surface area contributed by atoms with E-state index in [2.05, 4.69) is 4.98 Å². The molecule has 1 atom stereocenters. The average molecular weight is 295 g/mol. The van der Waals surface area contributed by atoms with E-state index in [9.17, 15) is 17.6 Å². The monoisotopic (exact) mass is 295 g/mol. The number of rotatable bonds is 1. The summed E-state index contributed by atoms with van der Waals surface area (Å²) in [6, 6.07) is 2.66. The highest BCUT2D eigenvalue weighted by Gasteiger charge is 2.32. The van der Waals surface area contributed by atoms with E-state index < -0.39 is 17.6 Å². The Kier molecular flexibility index (Phi) is 3.23. The average Bonchev–Trinajstić information content (AvgIpc) is 2.80. The van der Waals surface area contributed by atoms with Crippen LogP contribution < -0.4 is 0 Å². The van der Waals surface area contributed by atoms with E-state index in [-0.39, 0.29) is 11.5 Å². The Hall–Kier alpha value is -1.91. The van der Waals surface area contributed by atoms with E-state index in [1.165, 1.54) is 12.3 Å². The molecule has 0 saturated heterocycles. The van der Waals surface area contributed by atoms with Crippen LogP contribution in [-0.4, -0.2) is 4.98 Å². The summed E-state index contributed by atoms with van der Waals surface area (Å²) in [6.07, 6.45) is 0.579. The van der Waals surface area contributed by atoms with E-state index >= 15 is 0 Å². The van der Waals surface area contributed by atoms with E-state index in [0.29, 0.717) is 11.6 Å². The van der Waals surface area contributed by atoms with Crippen LogP contribution in [-0.2, 0) is 12.6 Å². The number of pyridine rings is 1. The van der Waals surface area contributed by atoms with Crippen molar-refractivity contribution < 1.29 is 17.6 Å². The number of aryl methyl sites for hydroxylation is 1. The first-order chi connectivity index (χ1) is 9.88. The molecule has 0 aliphatic heterocycles. The number of nitrogens with zero attached hydrogens (tertiary/aromatic N) is 1. The number of hydrogen-bond donors (Lipinski definition) is 0. The van der Waals surface area contributed by atoms with Gasteiger partial charge < -0.3 is 0 Å². The number of alkyl halides is 3. The Morgan fingerprint density at radius 2 is 1.90 bits per heavy atom. The Bertz CT molecular complexity index is 691. The molecule has 0 radical (unpaired) electrons. The van der Waals surface area contributed by atoms with Crippen LogP contribution in [0.4, 0.5) is 17.6 Å². The number of fused-ring (bicyclic) bond motifs is 1. The van der Waals surface area contributed by atoms with Crippen molar-refractivity contribution in [2.24, 2.45) is 0 Å². The van der Waals surface area contributed by atoms with Crippen LogP contribution in [0.15, 0.2) is 30.6 Å². The van der Waals surface area contributed by atoms with Crippen molar-refractivity contribution in [3.8, 4) is 11.1 Å². The van der Waals surface area contributed by atoms with Gasteiger partial charge in [0.2, 0.25) is 0 Å². The normalized spacial score (nSPS) is 17.9. The van der Waals surface area contributed by atoms with Gasteiger partial charge in [0.25, 0.3) is 0 Å². The van der Waals surface area contributed by atoms with E-state index in [1.807, 2.05) is 6.92 Å². The first-order valence-corrected chi connectivity index (χ1v) is 6.72. The zero-order valence-corrected chi connectivity index (χ0v) is 11.3. The maximum atomic E-state index is 14.1. The Balaban J connectivity index is 2.13. The maximum Gasteiger partial charge on any atom is 0.416 e. The van der Waals surface area contributed by atoms with Crippen LogP contribution >= 0.6 is 0 Å². The highest BCUT2D eigenvalue weighted by atomic mass is 19.4. The number of halogens is 4. The molecule has 2 aromatic rings. The molecule has 0 fully saturated rings. The van der Waals surface area contributed by atoms with Gasteiger partial charge >= 0.3 is 6.18 Å². The van der Waals surface area contributed by atoms with Crippen molar-refractivity contribution in [2.75, 3.05) is 0 Å². The lowest BCUT2D eigenvalue weighted by Gasteiger charge is -2.14. The summed E-state index contributed by atoms with van der Waals surface area (Å²) in [5.41, 5.74) is 1.87. The molecule has 0 saturated carbocycles. The summed E-state index contributed by atoms with van der Waals surface area (Å²) in [5, 5.41) is 0. The molecule has 0 amide bonds. The van der Waals surface area contributed by atoms with Crippen molar-refractivity contribution in [2.45, 2.75) is 31.9 Å². The topological polar surface area (TPSA) is 12.9 Å². The van der Waals surface area contributed by atoms with Gasteiger partial charge in [-0.1, -0.05) is 13.0 Å². The fraction of sp³-hybridized carbons (Fsp3) is 0.312. The first-order valence-electron chi connectivity index (χ1n) is 6.72. The lowest BCUT2D eigenvalue weighted by atomic mass is 9.93. The van der Waals surface area contributed by atoms with Crippen LogP contribution in [0, 0.1) is 5.82 Å². The molecule has 21 heavy (non-hydrogen) atoms. The highest BCUT2D eigenvalue weighted by Crippen LogP contribution is 2.40. The van der Waals surface area contributed by atoms with E-state index in [1.54, 1.807) is 6.20 Å². The molecule has 1 aliphatic rings. The van der Waals surface area contributed by atoms with Crippen molar-refractivity contribution in [3.05, 3.63) is 53.1 Å². The number of benzene rings is 1. The largest absolute Gasteiger partial charge is 0.416 e. The second-order valence-electron chi connectivity index (χ2n) is 5.39. The molecule has 1 nitrogen and oxygen atoms in total. The molecule has 110 valence electrons. The van der Waals surface area contributed by atoms with E-state index in [0.717, 1.165) is 30.0 Å². The molecule has 1 heterocycles. The summed E-state index contributed by atoms with van der Waals surface area (Å²) < 4.78 is 51.9. The van der Waals surface area contributed by atoms with Gasteiger partial charge in [-0.3, -0.25) is 4.98 Å². The second-order valence-corrected chi connectivity index (χ2v) is 5.39. The molecule has 1 aromatic carbocycles. The predicted molar refractivity (Wildman–Crippen MR) is 71.4 cm³/mol. The minimum absolute atomic E-state index is 0.182. The van der Waals surface area contributed by atoms with Gasteiger partial charge in [-0.25, -0.2) is 4.39 Å². The molecule has 0 N–H and O–H groups in total. The molecule has 1 aromatic heterocycles. The van der Waals surface area contributed by atoms with Crippen molar-refractivity contribution in [1.82, 2.24) is 4.98 Å². The lowest BCUT2D eigenvalue weighted by Crippen LogP contribution is -2.06. The lowest BCUT2D eigenvalue weighted by molar-refractivity contribution is -0.137. The summed E-state index contributed by atoms with van der Waals surface area (Å²) in [7, 11) is 0. The smallest absolute Gasteiger partial charge is 0.264 e. The standard InChI is InChI=1S/C16H13F4N/c1-9-2-3-10-7-21-8-13(15(9)10)12-5-4-11(6-14(12)17)16(18,19)20/h4-9H,2-3H2,1H3. The van der Waals surface area contributed by atoms with Crippen LogP contribution in [0.2, 0.25) is 0 Å². The molecule has 5 heteroatoms. The molecule has 0 bridgehead atoms. The molecule has 3 rings (SSSR count). The highest BCUT2D eigenvalue weighted by molar-refractivity contribution is 5.70. The van der Waals surface area contributed by atoms with Gasteiger partial charge in [-0.15, -0.1) is 0 Å². The molecule has 0 spiro atoms. The molecule has 1 aliphatic carbocycles. The molecular weight excluding hydrogens is 282 g/mol. The third-order valence-electron chi connectivity index (χ3n) is 4.00. The molecular formula is C16H13F4N. The van der Waals surface area contributed by atoms with Gasteiger partial charge in [0.05, 0.1) is 5.56 Å². The first kappa shape index (κ1) is 14.0. The van der Waals surface area contributed by atoms with Crippen LogP contribution in [0.3, 0.4) is 0 Å². The minimum atomic E-state index is -4.54. The molecule has 1 unspecified atom stereocenters. The fourth-order valence-corrected chi connectivity index (χ4v) is 2.94. The number of aromatic nitrogens is 1. The zero-order chi connectivity index (χ0) is 15.2. The summed E-state index contributed by atoms with van der Waals surface area (Å²) >= 11 is 0. The second kappa shape index (κ2) is 4.83. The third kappa shape index (κ3) is 2.41. The zero-order valence-electron chi connectivity index (χ0n) is 11.3.